The zero-order valence-electron chi connectivity index (χ0n) is 14.9. The summed E-state index contributed by atoms with van der Waals surface area (Å²) in [5.74, 6) is 1.56. The highest BCUT2D eigenvalue weighted by atomic mass is 15.2. The molecule has 1 fully saturated rings. The summed E-state index contributed by atoms with van der Waals surface area (Å²) in [6, 6.07) is 4.37. The summed E-state index contributed by atoms with van der Waals surface area (Å²) in [7, 11) is 3.92. The summed E-state index contributed by atoms with van der Waals surface area (Å²) < 4.78 is 0. The minimum atomic E-state index is 0.769. The Bertz CT molecular complexity index is 645. The molecule has 0 amide bonds. The molecule has 3 rings (SSSR count). The van der Waals surface area contributed by atoms with Crippen molar-refractivity contribution in [2.75, 3.05) is 32.1 Å². The first-order valence-electron chi connectivity index (χ1n) is 8.72. The van der Waals surface area contributed by atoms with E-state index in [0.29, 0.717) is 0 Å². The average Bonchev–Trinajstić information content (AvgIpc) is 2.57. The Hall–Kier alpha value is -2.01. The number of piperidine rings is 1. The fourth-order valence-corrected chi connectivity index (χ4v) is 3.33. The van der Waals surface area contributed by atoms with Crippen LogP contribution in [0.15, 0.2) is 30.7 Å². The SMILES string of the molecule is Cc1cc(CC2CCN(Cc3cnc(N(C)C)nc3)CC2)ccn1. The summed E-state index contributed by atoms with van der Waals surface area (Å²) in [6.07, 6.45) is 9.54. The fraction of sp³-hybridized carbons (Fsp3) is 0.526. The third-order valence-electron chi connectivity index (χ3n) is 4.69. The van der Waals surface area contributed by atoms with Crippen LogP contribution in [0, 0.1) is 12.8 Å². The molecule has 0 unspecified atom stereocenters. The van der Waals surface area contributed by atoms with Gasteiger partial charge in [-0.2, -0.15) is 0 Å². The predicted octanol–water partition coefficient (Wildman–Crippen LogP) is 2.70. The number of aryl methyl sites for hydroxylation is 1. The van der Waals surface area contributed by atoms with E-state index in [-0.39, 0.29) is 0 Å². The maximum Gasteiger partial charge on any atom is 0.224 e. The van der Waals surface area contributed by atoms with Gasteiger partial charge in [-0.3, -0.25) is 9.88 Å². The largest absolute Gasteiger partial charge is 0.347 e. The molecule has 0 aliphatic carbocycles. The van der Waals surface area contributed by atoms with E-state index >= 15 is 0 Å². The molecule has 0 atom stereocenters. The standard InChI is InChI=1S/C19H27N5/c1-15-10-17(4-7-20-15)11-16-5-8-24(9-6-16)14-18-12-21-19(22-13-18)23(2)3/h4,7,10,12-13,16H,5-6,8-9,11,14H2,1-3H3. The van der Waals surface area contributed by atoms with Crippen molar-refractivity contribution in [1.29, 1.82) is 0 Å². The van der Waals surface area contributed by atoms with E-state index in [0.717, 1.165) is 37.2 Å². The van der Waals surface area contributed by atoms with Crippen LogP contribution in [0.4, 0.5) is 5.95 Å². The van der Waals surface area contributed by atoms with Gasteiger partial charge < -0.3 is 4.90 Å². The van der Waals surface area contributed by atoms with E-state index in [1.54, 1.807) is 0 Å². The highest BCUT2D eigenvalue weighted by Gasteiger charge is 2.19. The lowest BCUT2D eigenvalue weighted by atomic mass is 9.90. The molecule has 3 heterocycles. The number of anilines is 1. The van der Waals surface area contributed by atoms with Gasteiger partial charge in [-0.25, -0.2) is 9.97 Å². The van der Waals surface area contributed by atoms with Gasteiger partial charge in [-0.15, -0.1) is 0 Å². The number of nitrogens with zero attached hydrogens (tertiary/aromatic N) is 5. The lowest BCUT2D eigenvalue weighted by molar-refractivity contribution is 0.176. The first-order valence-corrected chi connectivity index (χ1v) is 8.72. The summed E-state index contributed by atoms with van der Waals surface area (Å²) in [5.41, 5.74) is 3.74. The van der Waals surface area contributed by atoms with Crippen LogP contribution >= 0.6 is 0 Å². The van der Waals surface area contributed by atoms with Gasteiger partial charge in [0.2, 0.25) is 5.95 Å². The van der Waals surface area contributed by atoms with Gasteiger partial charge in [0.05, 0.1) is 0 Å². The molecule has 1 aliphatic rings. The predicted molar refractivity (Wildman–Crippen MR) is 97.0 cm³/mol. The smallest absolute Gasteiger partial charge is 0.224 e. The Balaban J connectivity index is 1.48. The maximum absolute atomic E-state index is 4.40. The number of aromatic nitrogens is 3. The van der Waals surface area contributed by atoms with E-state index in [1.165, 1.54) is 30.4 Å². The van der Waals surface area contributed by atoms with Crippen LogP contribution in [-0.2, 0) is 13.0 Å². The number of pyridine rings is 1. The summed E-state index contributed by atoms with van der Waals surface area (Å²) >= 11 is 0. The van der Waals surface area contributed by atoms with Gasteiger partial charge in [0.15, 0.2) is 0 Å². The molecular weight excluding hydrogens is 298 g/mol. The normalized spacial score (nSPS) is 16.3. The molecule has 0 bridgehead atoms. The van der Waals surface area contributed by atoms with Gasteiger partial charge >= 0.3 is 0 Å². The second-order valence-corrected chi connectivity index (χ2v) is 7.01. The molecule has 128 valence electrons. The first-order chi connectivity index (χ1) is 11.6. The van der Waals surface area contributed by atoms with Crippen molar-refractivity contribution in [1.82, 2.24) is 19.9 Å². The monoisotopic (exact) mass is 325 g/mol. The van der Waals surface area contributed by atoms with Gasteiger partial charge in [0.25, 0.3) is 0 Å². The van der Waals surface area contributed by atoms with E-state index in [9.17, 15) is 0 Å². The molecule has 2 aromatic rings. The molecule has 24 heavy (non-hydrogen) atoms. The third-order valence-corrected chi connectivity index (χ3v) is 4.69. The Morgan fingerprint density at radius 3 is 2.42 bits per heavy atom. The Kier molecular flexibility index (Phi) is 5.41. The lowest BCUT2D eigenvalue weighted by Gasteiger charge is -2.32. The highest BCUT2D eigenvalue weighted by molar-refractivity contribution is 5.26. The van der Waals surface area contributed by atoms with E-state index in [1.807, 2.05) is 37.6 Å². The van der Waals surface area contributed by atoms with Crippen LogP contribution in [0.3, 0.4) is 0 Å². The van der Waals surface area contributed by atoms with E-state index < -0.39 is 0 Å². The van der Waals surface area contributed by atoms with Crippen LogP contribution in [-0.4, -0.2) is 47.0 Å². The van der Waals surface area contributed by atoms with Crippen molar-refractivity contribution in [2.24, 2.45) is 5.92 Å². The molecule has 5 nitrogen and oxygen atoms in total. The van der Waals surface area contributed by atoms with Gasteiger partial charge in [0, 0.05) is 50.5 Å². The minimum absolute atomic E-state index is 0.769. The van der Waals surface area contributed by atoms with Crippen molar-refractivity contribution >= 4 is 5.95 Å². The third kappa shape index (κ3) is 4.51. The molecule has 0 N–H and O–H groups in total. The molecule has 0 saturated carbocycles. The minimum Gasteiger partial charge on any atom is -0.347 e. The molecule has 0 radical (unpaired) electrons. The Morgan fingerprint density at radius 1 is 1.08 bits per heavy atom. The van der Waals surface area contributed by atoms with Crippen molar-refractivity contribution in [3.8, 4) is 0 Å². The van der Waals surface area contributed by atoms with Crippen molar-refractivity contribution in [2.45, 2.75) is 32.7 Å². The second-order valence-electron chi connectivity index (χ2n) is 7.01. The highest BCUT2D eigenvalue weighted by Crippen LogP contribution is 2.23. The molecule has 5 heteroatoms. The lowest BCUT2D eigenvalue weighted by Crippen LogP contribution is -2.34. The van der Waals surface area contributed by atoms with Crippen LogP contribution in [0.25, 0.3) is 0 Å². The topological polar surface area (TPSA) is 45.2 Å². The molecule has 1 aliphatic heterocycles. The Labute approximate surface area is 144 Å². The van der Waals surface area contributed by atoms with Crippen LogP contribution in [0.5, 0.6) is 0 Å². The first kappa shape index (κ1) is 16.8. The molecule has 2 aromatic heterocycles. The molecule has 0 aromatic carbocycles. The van der Waals surface area contributed by atoms with Gasteiger partial charge in [0.1, 0.15) is 0 Å². The van der Waals surface area contributed by atoms with Crippen molar-refractivity contribution < 1.29 is 0 Å². The number of hydrogen-bond acceptors (Lipinski definition) is 5. The van der Waals surface area contributed by atoms with Gasteiger partial charge in [-0.05, 0) is 62.9 Å². The Morgan fingerprint density at radius 2 is 1.79 bits per heavy atom. The van der Waals surface area contributed by atoms with Crippen molar-refractivity contribution in [3.05, 3.63) is 47.5 Å². The van der Waals surface area contributed by atoms with Crippen molar-refractivity contribution in [3.63, 3.8) is 0 Å². The van der Waals surface area contributed by atoms with E-state index in [2.05, 4.69) is 38.9 Å². The molecule has 1 saturated heterocycles. The maximum atomic E-state index is 4.40. The number of likely N-dealkylation sites (tertiary alicyclic amines) is 1. The zero-order valence-corrected chi connectivity index (χ0v) is 14.9. The number of rotatable bonds is 5. The summed E-state index contributed by atoms with van der Waals surface area (Å²) in [6.45, 7) is 5.33. The number of hydrogen-bond donors (Lipinski definition) is 0. The van der Waals surface area contributed by atoms with Crippen LogP contribution in [0.1, 0.15) is 29.7 Å². The molecular formula is C19H27N5. The van der Waals surface area contributed by atoms with E-state index in [4.69, 9.17) is 0 Å². The fourth-order valence-electron chi connectivity index (χ4n) is 3.33. The van der Waals surface area contributed by atoms with Crippen LogP contribution < -0.4 is 4.90 Å². The summed E-state index contributed by atoms with van der Waals surface area (Å²) in [5, 5.41) is 0. The molecule has 0 spiro atoms. The second kappa shape index (κ2) is 7.71. The van der Waals surface area contributed by atoms with Crippen LogP contribution in [0.2, 0.25) is 0 Å². The summed E-state index contributed by atoms with van der Waals surface area (Å²) in [4.78, 5) is 17.5. The quantitative estimate of drug-likeness (QED) is 0.846. The zero-order chi connectivity index (χ0) is 16.9. The van der Waals surface area contributed by atoms with Gasteiger partial charge in [-0.1, -0.05) is 0 Å². The average molecular weight is 325 g/mol.